The van der Waals surface area contributed by atoms with Crippen molar-refractivity contribution in [2.75, 3.05) is 0 Å². The van der Waals surface area contributed by atoms with E-state index in [0.29, 0.717) is 17.9 Å². The van der Waals surface area contributed by atoms with Crippen molar-refractivity contribution < 1.29 is 19.2 Å². The first kappa shape index (κ1) is 20.3. The number of cyclic esters (lactones) is 1. The third kappa shape index (κ3) is 4.62. The molecule has 0 radical (unpaired) electrons. The number of carbonyl (C=O) groups excluding carboxylic acids is 1. The van der Waals surface area contributed by atoms with Crippen LogP contribution >= 0.6 is 11.6 Å². The van der Waals surface area contributed by atoms with E-state index in [1.807, 2.05) is 42.5 Å². The van der Waals surface area contributed by atoms with E-state index in [9.17, 15) is 14.9 Å². The van der Waals surface area contributed by atoms with Gasteiger partial charge < -0.3 is 9.47 Å². The van der Waals surface area contributed by atoms with Gasteiger partial charge in [-0.15, -0.1) is 0 Å². The average Bonchev–Trinajstić information content (AvgIpc) is 3.13. The van der Waals surface area contributed by atoms with E-state index in [2.05, 4.69) is 4.99 Å². The van der Waals surface area contributed by atoms with Gasteiger partial charge in [0.25, 0.3) is 5.69 Å². The minimum Gasteiger partial charge on any atom is -0.488 e. The minimum atomic E-state index is -0.651. The van der Waals surface area contributed by atoms with E-state index in [0.717, 1.165) is 5.56 Å². The van der Waals surface area contributed by atoms with Crippen molar-refractivity contribution in [1.82, 2.24) is 0 Å². The fourth-order valence-corrected chi connectivity index (χ4v) is 3.18. The molecule has 0 amide bonds. The molecule has 0 spiro atoms. The van der Waals surface area contributed by atoms with Crippen molar-refractivity contribution in [3.05, 3.63) is 110 Å². The van der Waals surface area contributed by atoms with Crippen LogP contribution in [0, 0.1) is 10.1 Å². The molecular weight excluding hydrogens is 420 g/mol. The second kappa shape index (κ2) is 8.81. The van der Waals surface area contributed by atoms with Crippen LogP contribution in [-0.4, -0.2) is 16.8 Å². The lowest BCUT2D eigenvalue weighted by molar-refractivity contribution is -0.384. The molecule has 0 fully saturated rings. The Labute approximate surface area is 182 Å². The predicted molar refractivity (Wildman–Crippen MR) is 116 cm³/mol. The molecule has 3 aromatic carbocycles. The Kier molecular flexibility index (Phi) is 5.77. The normalized spacial score (nSPS) is 14.3. The molecule has 0 saturated heterocycles. The highest BCUT2D eigenvalue weighted by Gasteiger charge is 2.26. The number of non-ortho nitro benzene ring substituents is 1. The number of hydrogen-bond donors (Lipinski definition) is 0. The highest BCUT2D eigenvalue weighted by atomic mass is 35.5. The molecule has 0 bridgehead atoms. The van der Waals surface area contributed by atoms with Gasteiger partial charge in [0.2, 0.25) is 5.90 Å². The Bertz CT molecular complexity index is 1220. The van der Waals surface area contributed by atoms with E-state index in [1.165, 1.54) is 18.2 Å². The molecule has 4 rings (SSSR count). The van der Waals surface area contributed by atoms with Crippen molar-refractivity contribution in [3.63, 3.8) is 0 Å². The standard InChI is InChI=1S/C23H15ClN2O5/c24-19-13-17(26(28)29)10-11-18(19)22-25-20(23(27)31-22)12-16-8-4-5-9-21(16)30-14-15-6-2-1-3-7-15/h1-13H,14H2/b20-12-. The van der Waals surface area contributed by atoms with Crippen LogP contribution in [0.3, 0.4) is 0 Å². The van der Waals surface area contributed by atoms with Crippen molar-refractivity contribution in [1.29, 1.82) is 0 Å². The lowest BCUT2D eigenvalue weighted by Crippen LogP contribution is -2.06. The van der Waals surface area contributed by atoms with Gasteiger partial charge >= 0.3 is 5.97 Å². The number of esters is 1. The summed E-state index contributed by atoms with van der Waals surface area (Å²) in [6, 6.07) is 20.8. The third-order valence-electron chi connectivity index (χ3n) is 4.46. The summed E-state index contributed by atoms with van der Waals surface area (Å²) in [5, 5.41) is 10.9. The Hall–Kier alpha value is -3.97. The lowest BCUT2D eigenvalue weighted by atomic mass is 10.1. The summed E-state index contributed by atoms with van der Waals surface area (Å²) >= 11 is 6.12. The summed E-state index contributed by atoms with van der Waals surface area (Å²) in [6.45, 7) is 0.373. The SMILES string of the molecule is O=C1OC(c2ccc([N+](=O)[O-])cc2Cl)=N/C1=C\c1ccccc1OCc1ccccc1. The minimum absolute atomic E-state index is 0.0150. The molecule has 0 saturated carbocycles. The number of halogens is 1. The van der Waals surface area contributed by atoms with Crippen molar-refractivity contribution in [3.8, 4) is 5.75 Å². The maximum Gasteiger partial charge on any atom is 0.363 e. The number of nitro benzene ring substituents is 1. The molecule has 0 atom stereocenters. The van der Waals surface area contributed by atoms with Gasteiger partial charge in [0.05, 0.1) is 15.5 Å². The number of hydrogen-bond acceptors (Lipinski definition) is 6. The summed E-state index contributed by atoms with van der Waals surface area (Å²) in [4.78, 5) is 26.9. The fraction of sp³-hybridized carbons (Fsp3) is 0.0435. The summed E-state index contributed by atoms with van der Waals surface area (Å²) in [5.41, 5.74) is 1.86. The van der Waals surface area contributed by atoms with Gasteiger partial charge in [-0.1, -0.05) is 60.1 Å². The zero-order valence-electron chi connectivity index (χ0n) is 16.0. The van der Waals surface area contributed by atoms with E-state index < -0.39 is 10.9 Å². The lowest BCUT2D eigenvalue weighted by Gasteiger charge is -2.09. The summed E-state index contributed by atoms with van der Waals surface area (Å²) in [7, 11) is 0. The molecule has 0 unspecified atom stereocenters. The van der Waals surface area contributed by atoms with Crippen LogP contribution in [0.1, 0.15) is 16.7 Å². The molecule has 7 nitrogen and oxygen atoms in total. The summed E-state index contributed by atoms with van der Waals surface area (Å²) in [6.07, 6.45) is 1.56. The quantitative estimate of drug-likeness (QED) is 0.231. The zero-order chi connectivity index (χ0) is 21.8. The maximum absolute atomic E-state index is 12.3. The number of nitro groups is 1. The average molecular weight is 435 g/mol. The van der Waals surface area contributed by atoms with Crippen molar-refractivity contribution in [2.24, 2.45) is 4.99 Å². The first-order valence-electron chi connectivity index (χ1n) is 9.24. The Morgan fingerprint density at radius 1 is 1.06 bits per heavy atom. The van der Waals surface area contributed by atoms with E-state index in [4.69, 9.17) is 21.1 Å². The van der Waals surface area contributed by atoms with Gasteiger partial charge in [-0.05, 0) is 23.8 Å². The molecular formula is C23H15ClN2O5. The Balaban J connectivity index is 1.60. The van der Waals surface area contributed by atoms with Crippen molar-refractivity contribution >= 4 is 35.2 Å². The monoisotopic (exact) mass is 434 g/mol. The highest BCUT2D eigenvalue weighted by molar-refractivity contribution is 6.34. The number of nitrogens with zero attached hydrogens (tertiary/aromatic N) is 2. The first-order valence-corrected chi connectivity index (χ1v) is 9.62. The zero-order valence-corrected chi connectivity index (χ0v) is 16.8. The molecule has 1 aliphatic rings. The molecule has 31 heavy (non-hydrogen) atoms. The van der Waals surface area contributed by atoms with Crippen LogP contribution in [0.2, 0.25) is 5.02 Å². The molecule has 0 N–H and O–H groups in total. The third-order valence-corrected chi connectivity index (χ3v) is 4.78. The van der Waals surface area contributed by atoms with Crippen LogP contribution in [-0.2, 0) is 16.1 Å². The molecule has 0 aliphatic carbocycles. The molecule has 8 heteroatoms. The van der Waals surface area contributed by atoms with Gasteiger partial charge in [0.15, 0.2) is 5.70 Å². The topological polar surface area (TPSA) is 91.0 Å². The number of ether oxygens (including phenoxy) is 2. The van der Waals surface area contributed by atoms with Gasteiger partial charge in [0, 0.05) is 17.7 Å². The summed E-state index contributed by atoms with van der Waals surface area (Å²) < 4.78 is 11.1. The molecule has 1 heterocycles. The molecule has 3 aromatic rings. The largest absolute Gasteiger partial charge is 0.488 e. The van der Waals surface area contributed by atoms with Crippen LogP contribution in [0.25, 0.3) is 6.08 Å². The number of rotatable bonds is 6. The predicted octanol–water partition coefficient (Wildman–Crippen LogP) is 5.17. The summed E-state index contributed by atoms with van der Waals surface area (Å²) in [5.74, 6) is -0.0789. The van der Waals surface area contributed by atoms with Crippen LogP contribution in [0.15, 0.2) is 83.5 Å². The van der Waals surface area contributed by atoms with Gasteiger partial charge in [-0.2, -0.15) is 0 Å². The number of carbonyl (C=O) groups is 1. The Morgan fingerprint density at radius 3 is 2.55 bits per heavy atom. The van der Waals surface area contributed by atoms with Crippen molar-refractivity contribution in [2.45, 2.75) is 6.61 Å². The van der Waals surface area contributed by atoms with E-state index in [1.54, 1.807) is 18.2 Å². The first-order chi connectivity index (χ1) is 15.0. The molecule has 1 aliphatic heterocycles. The highest BCUT2D eigenvalue weighted by Crippen LogP contribution is 2.29. The van der Waals surface area contributed by atoms with Gasteiger partial charge in [0.1, 0.15) is 12.4 Å². The van der Waals surface area contributed by atoms with Gasteiger partial charge in [-0.3, -0.25) is 10.1 Å². The number of aliphatic imine (C=N–C) groups is 1. The maximum atomic E-state index is 12.3. The second-order valence-corrected chi connectivity index (χ2v) is 6.98. The Morgan fingerprint density at radius 2 is 1.81 bits per heavy atom. The van der Waals surface area contributed by atoms with Crippen LogP contribution in [0.4, 0.5) is 5.69 Å². The van der Waals surface area contributed by atoms with Gasteiger partial charge in [-0.25, -0.2) is 9.79 Å². The van der Waals surface area contributed by atoms with Crippen LogP contribution < -0.4 is 4.74 Å². The fourth-order valence-electron chi connectivity index (χ4n) is 2.93. The molecule has 154 valence electrons. The number of benzene rings is 3. The smallest absolute Gasteiger partial charge is 0.363 e. The second-order valence-electron chi connectivity index (χ2n) is 6.57. The van der Waals surface area contributed by atoms with Crippen LogP contribution in [0.5, 0.6) is 5.75 Å². The molecule has 0 aromatic heterocycles. The van der Waals surface area contributed by atoms with E-state index in [-0.39, 0.29) is 27.9 Å². The van der Waals surface area contributed by atoms with E-state index >= 15 is 0 Å². The number of para-hydroxylation sites is 1.